The molecule has 0 N–H and O–H groups in total. The Morgan fingerprint density at radius 1 is 1.07 bits per heavy atom. The van der Waals surface area contributed by atoms with Gasteiger partial charge in [0.2, 0.25) is 5.91 Å². The summed E-state index contributed by atoms with van der Waals surface area (Å²) in [5.74, 6) is 0.360. The van der Waals surface area contributed by atoms with Crippen molar-refractivity contribution in [3.63, 3.8) is 0 Å². The third-order valence-corrected chi connectivity index (χ3v) is 6.27. The Kier molecular flexibility index (Phi) is 5.00. The van der Waals surface area contributed by atoms with Gasteiger partial charge in [-0.15, -0.1) is 0 Å². The van der Waals surface area contributed by atoms with Crippen LogP contribution in [0.25, 0.3) is 0 Å². The zero-order valence-electron chi connectivity index (χ0n) is 16.4. The van der Waals surface area contributed by atoms with Crippen molar-refractivity contribution < 1.29 is 4.79 Å². The number of carbonyl (C=O) groups is 1. The highest BCUT2D eigenvalue weighted by molar-refractivity contribution is 5.84. The minimum atomic E-state index is -0.147. The molecule has 0 radical (unpaired) electrons. The molecule has 6 heteroatoms. The summed E-state index contributed by atoms with van der Waals surface area (Å²) in [7, 11) is 1.97. The Balaban J connectivity index is 1.40. The number of aromatic nitrogens is 3. The molecule has 0 aliphatic carbocycles. The van der Waals surface area contributed by atoms with Crippen molar-refractivity contribution in [2.75, 3.05) is 19.6 Å². The predicted octanol–water partition coefficient (Wildman–Crippen LogP) is 2.53. The maximum Gasteiger partial charge on any atom is 0.229 e. The Morgan fingerprint density at radius 3 is 2.59 bits per heavy atom. The van der Waals surface area contributed by atoms with Crippen LogP contribution in [0.1, 0.15) is 42.5 Å². The second kappa shape index (κ2) is 7.43. The fourth-order valence-electron chi connectivity index (χ4n) is 4.67. The molecule has 2 aliphatic heterocycles. The van der Waals surface area contributed by atoms with Crippen LogP contribution in [0.15, 0.2) is 30.7 Å². The van der Waals surface area contributed by atoms with Crippen LogP contribution in [-0.2, 0) is 24.9 Å². The lowest BCUT2D eigenvalue weighted by molar-refractivity contribution is -0.137. The molecular weight excluding hydrogens is 338 g/mol. The maximum atomic E-state index is 13.2. The van der Waals surface area contributed by atoms with E-state index in [4.69, 9.17) is 0 Å². The van der Waals surface area contributed by atoms with Crippen LogP contribution in [-0.4, -0.2) is 50.1 Å². The fourth-order valence-corrected chi connectivity index (χ4v) is 4.67. The van der Waals surface area contributed by atoms with Crippen LogP contribution in [0.3, 0.4) is 0 Å². The van der Waals surface area contributed by atoms with E-state index in [1.165, 1.54) is 5.56 Å². The van der Waals surface area contributed by atoms with Gasteiger partial charge in [0.1, 0.15) is 0 Å². The molecule has 0 aromatic carbocycles. The van der Waals surface area contributed by atoms with Gasteiger partial charge in [-0.2, -0.15) is 5.10 Å². The fraction of sp³-hybridized carbons (Fsp3) is 0.571. The first-order valence-corrected chi connectivity index (χ1v) is 9.95. The average molecular weight is 367 g/mol. The van der Waals surface area contributed by atoms with E-state index in [2.05, 4.69) is 33.0 Å². The van der Waals surface area contributed by atoms with Gasteiger partial charge in [0.05, 0.1) is 11.1 Å². The molecule has 1 atom stereocenters. The molecule has 6 nitrogen and oxygen atoms in total. The van der Waals surface area contributed by atoms with E-state index in [0.29, 0.717) is 12.5 Å². The molecule has 144 valence electrons. The third-order valence-electron chi connectivity index (χ3n) is 6.27. The number of likely N-dealkylation sites (tertiary alicyclic amines) is 2. The summed E-state index contributed by atoms with van der Waals surface area (Å²) in [5.41, 5.74) is 3.42. The highest BCUT2D eigenvalue weighted by Gasteiger charge is 2.46. The number of hydrogen-bond donors (Lipinski definition) is 0. The SMILES string of the molecule is Cc1nn(C)cc1CN1CCCC2(CC1)CCN(Cc1ccncc1)C2=O. The molecule has 0 bridgehead atoms. The molecule has 1 spiro atoms. The van der Waals surface area contributed by atoms with Gasteiger partial charge in [0, 0.05) is 50.8 Å². The highest BCUT2D eigenvalue weighted by atomic mass is 16.2. The largest absolute Gasteiger partial charge is 0.338 e. The van der Waals surface area contributed by atoms with E-state index < -0.39 is 0 Å². The Bertz CT molecular complexity index is 802. The van der Waals surface area contributed by atoms with E-state index in [1.807, 2.05) is 23.9 Å². The zero-order chi connectivity index (χ0) is 18.9. The Hall–Kier alpha value is -2.21. The summed E-state index contributed by atoms with van der Waals surface area (Å²) in [6.45, 7) is 6.65. The summed E-state index contributed by atoms with van der Waals surface area (Å²) >= 11 is 0. The normalized spacial score (nSPS) is 23.9. The minimum absolute atomic E-state index is 0.147. The van der Waals surface area contributed by atoms with E-state index >= 15 is 0 Å². The highest BCUT2D eigenvalue weighted by Crippen LogP contribution is 2.42. The van der Waals surface area contributed by atoms with Gasteiger partial charge >= 0.3 is 0 Å². The van der Waals surface area contributed by atoms with Crippen molar-refractivity contribution in [3.8, 4) is 0 Å². The van der Waals surface area contributed by atoms with Gasteiger partial charge in [-0.1, -0.05) is 0 Å². The van der Waals surface area contributed by atoms with E-state index in [9.17, 15) is 4.79 Å². The van der Waals surface area contributed by atoms with Crippen LogP contribution in [0.2, 0.25) is 0 Å². The van der Waals surface area contributed by atoms with Crippen LogP contribution >= 0.6 is 0 Å². The lowest BCUT2D eigenvalue weighted by Crippen LogP contribution is -2.35. The van der Waals surface area contributed by atoms with Crippen LogP contribution in [0, 0.1) is 12.3 Å². The van der Waals surface area contributed by atoms with Crippen molar-refractivity contribution in [1.29, 1.82) is 0 Å². The summed E-state index contributed by atoms with van der Waals surface area (Å²) in [4.78, 5) is 21.9. The molecular formula is C21H29N5O. The van der Waals surface area contributed by atoms with Crippen LogP contribution < -0.4 is 0 Å². The van der Waals surface area contributed by atoms with Crippen molar-refractivity contribution >= 4 is 5.91 Å². The molecule has 2 saturated heterocycles. The summed E-state index contributed by atoms with van der Waals surface area (Å²) in [6, 6.07) is 4.01. The van der Waals surface area contributed by atoms with Crippen molar-refractivity contribution in [2.45, 2.75) is 45.7 Å². The molecule has 2 aromatic heterocycles. The van der Waals surface area contributed by atoms with Crippen molar-refractivity contribution in [1.82, 2.24) is 24.6 Å². The number of carbonyl (C=O) groups excluding carboxylic acids is 1. The number of hydrogen-bond acceptors (Lipinski definition) is 4. The van der Waals surface area contributed by atoms with E-state index in [1.54, 1.807) is 12.4 Å². The number of aryl methyl sites for hydroxylation is 2. The lowest BCUT2D eigenvalue weighted by Gasteiger charge is -2.27. The Morgan fingerprint density at radius 2 is 1.85 bits per heavy atom. The molecule has 2 aliphatic rings. The Labute approximate surface area is 161 Å². The van der Waals surface area contributed by atoms with Gasteiger partial charge in [-0.05, 0) is 63.4 Å². The molecule has 1 amide bonds. The first kappa shape index (κ1) is 18.2. The maximum absolute atomic E-state index is 13.2. The monoisotopic (exact) mass is 367 g/mol. The average Bonchev–Trinajstić information content (AvgIpc) is 3.04. The summed E-state index contributed by atoms with van der Waals surface area (Å²) in [6.07, 6.45) is 9.79. The van der Waals surface area contributed by atoms with Gasteiger partial charge in [-0.25, -0.2) is 0 Å². The second-order valence-corrected chi connectivity index (χ2v) is 8.16. The number of rotatable bonds is 4. The molecule has 2 aromatic rings. The third kappa shape index (κ3) is 3.76. The predicted molar refractivity (Wildman–Crippen MR) is 104 cm³/mol. The summed E-state index contributed by atoms with van der Waals surface area (Å²) < 4.78 is 1.89. The smallest absolute Gasteiger partial charge is 0.229 e. The topological polar surface area (TPSA) is 54.3 Å². The molecule has 4 rings (SSSR count). The number of nitrogens with zero attached hydrogens (tertiary/aromatic N) is 5. The van der Waals surface area contributed by atoms with Crippen molar-refractivity contribution in [2.24, 2.45) is 12.5 Å². The lowest BCUT2D eigenvalue weighted by atomic mass is 9.79. The zero-order valence-corrected chi connectivity index (χ0v) is 16.4. The molecule has 2 fully saturated rings. The van der Waals surface area contributed by atoms with Gasteiger partial charge in [-0.3, -0.25) is 19.4 Å². The van der Waals surface area contributed by atoms with Crippen LogP contribution in [0.4, 0.5) is 0 Å². The van der Waals surface area contributed by atoms with Crippen molar-refractivity contribution in [3.05, 3.63) is 47.5 Å². The summed E-state index contributed by atoms with van der Waals surface area (Å²) in [5, 5.41) is 4.46. The second-order valence-electron chi connectivity index (χ2n) is 8.16. The van der Waals surface area contributed by atoms with Gasteiger partial charge in [0.15, 0.2) is 0 Å². The standard InChI is InChI=1S/C21H29N5O/c1-17-19(15-24(2)23-17)16-25-11-3-6-21(7-12-25)8-13-26(20(21)27)14-18-4-9-22-10-5-18/h4-5,9-10,15H,3,6-8,11-14,16H2,1-2H3. The van der Waals surface area contributed by atoms with Gasteiger partial charge in [0.25, 0.3) is 0 Å². The minimum Gasteiger partial charge on any atom is -0.338 e. The number of pyridine rings is 1. The van der Waals surface area contributed by atoms with Gasteiger partial charge < -0.3 is 4.90 Å². The molecule has 4 heterocycles. The quantitative estimate of drug-likeness (QED) is 0.833. The first-order valence-electron chi connectivity index (χ1n) is 9.95. The molecule has 27 heavy (non-hydrogen) atoms. The molecule has 0 saturated carbocycles. The van der Waals surface area contributed by atoms with Crippen LogP contribution in [0.5, 0.6) is 0 Å². The molecule has 1 unspecified atom stereocenters. The number of amides is 1. The van der Waals surface area contributed by atoms with E-state index in [-0.39, 0.29) is 5.41 Å². The van der Waals surface area contributed by atoms with E-state index in [0.717, 1.165) is 63.1 Å². The first-order chi connectivity index (χ1) is 13.1.